The van der Waals surface area contributed by atoms with E-state index in [1.807, 2.05) is 6.92 Å². The van der Waals surface area contributed by atoms with E-state index >= 15 is 0 Å². The zero-order chi connectivity index (χ0) is 11.1. The van der Waals surface area contributed by atoms with Crippen molar-refractivity contribution in [3.63, 3.8) is 0 Å². The maximum absolute atomic E-state index is 4.44. The number of aliphatic imine (C=N–C) groups is 1. The van der Waals surface area contributed by atoms with Gasteiger partial charge in [0.1, 0.15) is 0 Å². The van der Waals surface area contributed by atoms with Crippen LogP contribution in [0, 0.1) is 5.92 Å². The summed E-state index contributed by atoms with van der Waals surface area (Å²) in [6.07, 6.45) is 0. The van der Waals surface area contributed by atoms with Crippen LogP contribution in [0.4, 0.5) is 0 Å². The van der Waals surface area contributed by atoms with E-state index in [0.717, 1.165) is 18.9 Å². The first-order valence-electron chi connectivity index (χ1n) is 5.28. The molecule has 0 N–H and O–H groups in total. The van der Waals surface area contributed by atoms with Crippen LogP contribution < -0.4 is 0 Å². The standard InChI is InChI=1S/C11H24N3.Co/c1-9(2)13-11(4)12-7-10(3)8-14(5)6;/h9-10H,7-8H2,1-6H3;/q-1;. The second kappa shape index (κ2) is 9.18. The maximum atomic E-state index is 4.44. The summed E-state index contributed by atoms with van der Waals surface area (Å²) in [5.74, 6) is 1.52. The summed E-state index contributed by atoms with van der Waals surface area (Å²) in [6.45, 7) is 10.3. The molecule has 1 radical (unpaired) electrons. The summed E-state index contributed by atoms with van der Waals surface area (Å²) in [4.78, 5) is 6.55. The Morgan fingerprint density at radius 2 is 1.80 bits per heavy atom. The molecule has 0 aliphatic carbocycles. The third kappa shape index (κ3) is 11.9. The van der Waals surface area contributed by atoms with Gasteiger partial charge in [0.15, 0.2) is 0 Å². The van der Waals surface area contributed by atoms with Crippen LogP contribution in [-0.4, -0.2) is 44.0 Å². The monoisotopic (exact) mass is 257 g/mol. The van der Waals surface area contributed by atoms with Crippen LogP contribution in [0.2, 0.25) is 0 Å². The molecule has 0 aliphatic rings. The fourth-order valence-corrected chi connectivity index (χ4v) is 1.38. The van der Waals surface area contributed by atoms with Gasteiger partial charge in [-0.3, -0.25) is 0 Å². The van der Waals surface area contributed by atoms with Crippen molar-refractivity contribution < 1.29 is 16.8 Å². The van der Waals surface area contributed by atoms with Crippen molar-refractivity contribution in [2.45, 2.75) is 33.7 Å². The van der Waals surface area contributed by atoms with E-state index in [9.17, 15) is 0 Å². The van der Waals surface area contributed by atoms with E-state index < -0.39 is 0 Å². The van der Waals surface area contributed by atoms with Gasteiger partial charge >= 0.3 is 0 Å². The Morgan fingerprint density at radius 3 is 2.20 bits per heavy atom. The Kier molecular flexibility index (Phi) is 10.6. The van der Waals surface area contributed by atoms with Gasteiger partial charge in [0.05, 0.1) is 0 Å². The molecule has 0 aromatic heterocycles. The van der Waals surface area contributed by atoms with E-state index in [1.165, 1.54) is 0 Å². The van der Waals surface area contributed by atoms with Crippen LogP contribution in [0.3, 0.4) is 0 Å². The minimum atomic E-state index is 0. The molecule has 0 rings (SSSR count). The van der Waals surface area contributed by atoms with E-state index in [1.54, 1.807) is 0 Å². The third-order valence-corrected chi connectivity index (χ3v) is 1.75. The molecule has 0 aromatic carbocycles. The smallest absolute Gasteiger partial charge is 0 e. The van der Waals surface area contributed by atoms with Gasteiger partial charge in [0.2, 0.25) is 0 Å². The van der Waals surface area contributed by atoms with Crippen LogP contribution in [0.25, 0.3) is 5.32 Å². The third-order valence-electron chi connectivity index (χ3n) is 1.75. The predicted octanol–water partition coefficient (Wildman–Crippen LogP) is 2.38. The summed E-state index contributed by atoms with van der Waals surface area (Å²) in [6, 6.07) is 0.350. The van der Waals surface area contributed by atoms with Crippen LogP contribution in [0.1, 0.15) is 27.7 Å². The van der Waals surface area contributed by atoms with Crippen molar-refractivity contribution in [2.75, 3.05) is 27.2 Å². The van der Waals surface area contributed by atoms with Gasteiger partial charge in [-0.15, -0.1) is 0 Å². The topological polar surface area (TPSA) is 29.7 Å². The molecule has 0 fully saturated rings. The number of nitrogens with zero attached hydrogens (tertiary/aromatic N) is 3. The van der Waals surface area contributed by atoms with Crippen molar-refractivity contribution in [3.8, 4) is 0 Å². The number of amidine groups is 1. The molecule has 0 aromatic rings. The summed E-state index contributed by atoms with van der Waals surface area (Å²) in [5, 5.41) is 4.44. The Balaban J connectivity index is 0. The Bertz CT molecular complexity index is 179. The maximum Gasteiger partial charge on any atom is 0 e. The van der Waals surface area contributed by atoms with Crippen molar-refractivity contribution in [2.24, 2.45) is 10.9 Å². The van der Waals surface area contributed by atoms with Gasteiger partial charge in [0, 0.05) is 16.8 Å². The normalized spacial score (nSPS) is 14.0. The first-order valence-corrected chi connectivity index (χ1v) is 5.28. The number of rotatable bonds is 5. The van der Waals surface area contributed by atoms with Crippen molar-refractivity contribution >= 4 is 5.84 Å². The molecule has 3 nitrogen and oxygen atoms in total. The summed E-state index contributed by atoms with van der Waals surface area (Å²) in [7, 11) is 4.18. The van der Waals surface area contributed by atoms with Crippen molar-refractivity contribution in [3.05, 3.63) is 5.32 Å². The molecular weight excluding hydrogens is 233 g/mol. The Hall–Kier alpha value is -0.0635. The second-order valence-electron chi connectivity index (χ2n) is 4.48. The van der Waals surface area contributed by atoms with Gasteiger partial charge in [-0.05, 0) is 46.1 Å². The molecule has 0 saturated carbocycles. The van der Waals surface area contributed by atoms with Crippen LogP contribution in [0.15, 0.2) is 4.99 Å². The first kappa shape index (κ1) is 17.3. The van der Waals surface area contributed by atoms with Crippen molar-refractivity contribution in [1.29, 1.82) is 0 Å². The molecule has 1 atom stereocenters. The molecule has 4 heteroatoms. The zero-order valence-electron chi connectivity index (χ0n) is 10.7. The van der Waals surface area contributed by atoms with Gasteiger partial charge in [0.25, 0.3) is 0 Å². The Labute approximate surface area is 105 Å². The average molecular weight is 257 g/mol. The number of hydrogen-bond acceptors (Lipinski definition) is 2. The van der Waals surface area contributed by atoms with Crippen LogP contribution in [0.5, 0.6) is 0 Å². The molecule has 93 valence electrons. The molecule has 0 amide bonds. The molecule has 1 unspecified atom stereocenters. The van der Waals surface area contributed by atoms with Gasteiger partial charge < -0.3 is 15.2 Å². The predicted molar refractivity (Wildman–Crippen MR) is 64.2 cm³/mol. The van der Waals surface area contributed by atoms with Crippen LogP contribution >= 0.6 is 0 Å². The van der Waals surface area contributed by atoms with E-state index in [0.29, 0.717) is 12.0 Å². The van der Waals surface area contributed by atoms with Crippen LogP contribution in [-0.2, 0) is 16.8 Å². The SMILES string of the molecule is CC(=NC(C)C)[N-]CC(C)CN(C)C.[Co]. The van der Waals surface area contributed by atoms with E-state index in [-0.39, 0.29) is 16.8 Å². The van der Waals surface area contributed by atoms with Gasteiger partial charge in [-0.2, -0.15) is 0 Å². The second-order valence-corrected chi connectivity index (χ2v) is 4.48. The minimum Gasteiger partial charge on any atom is -0.469 e. The molecule has 0 heterocycles. The molecule has 15 heavy (non-hydrogen) atoms. The summed E-state index contributed by atoms with van der Waals surface area (Å²) < 4.78 is 0. The molecule has 0 saturated heterocycles. The fourth-order valence-electron chi connectivity index (χ4n) is 1.38. The van der Waals surface area contributed by atoms with E-state index in [4.69, 9.17) is 0 Å². The fraction of sp³-hybridized carbons (Fsp3) is 0.909. The molecule has 0 bridgehead atoms. The Morgan fingerprint density at radius 1 is 1.27 bits per heavy atom. The largest absolute Gasteiger partial charge is 0.469 e. The van der Waals surface area contributed by atoms with Gasteiger partial charge in [-0.25, -0.2) is 0 Å². The minimum absolute atomic E-state index is 0. The number of hydrogen-bond donors (Lipinski definition) is 0. The zero-order valence-corrected chi connectivity index (χ0v) is 11.8. The summed E-state index contributed by atoms with van der Waals surface area (Å²) >= 11 is 0. The molecule has 0 spiro atoms. The summed E-state index contributed by atoms with van der Waals surface area (Å²) in [5.41, 5.74) is 0. The quantitative estimate of drug-likeness (QED) is 0.549. The molecule has 0 aliphatic heterocycles. The first-order chi connectivity index (χ1) is 6.41. The van der Waals surface area contributed by atoms with E-state index in [2.05, 4.69) is 50.1 Å². The van der Waals surface area contributed by atoms with Crippen molar-refractivity contribution in [1.82, 2.24) is 4.90 Å². The van der Waals surface area contributed by atoms with Gasteiger partial charge in [-0.1, -0.05) is 26.6 Å². The molecular formula is C11H24CoN3-. The average Bonchev–Trinajstić information content (AvgIpc) is 1.98.